The van der Waals surface area contributed by atoms with E-state index in [9.17, 15) is 13.5 Å². The van der Waals surface area contributed by atoms with Gasteiger partial charge < -0.3 is 15.2 Å². The molecule has 0 aliphatic carbocycles. The van der Waals surface area contributed by atoms with E-state index in [0.717, 1.165) is 34.7 Å². The van der Waals surface area contributed by atoms with Gasteiger partial charge in [-0.3, -0.25) is 4.72 Å². The van der Waals surface area contributed by atoms with Crippen molar-refractivity contribution in [2.45, 2.75) is 19.4 Å². The van der Waals surface area contributed by atoms with E-state index < -0.39 is 16.1 Å². The van der Waals surface area contributed by atoms with Crippen LogP contribution in [0.15, 0.2) is 47.8 Å². The van der Waals surface area contributed by atoms with Crippen LogP contribution in [0.3, 0.4) is 0 Å². The Morgan fingerprint density at radius 2 is 1.97 bits per heavy atom. The number of nitrogens with zero attached hydrogens (tertiary/aromatic N) is 1. The van der Waals surface area contributed by atoms with Crippen molar-refractivity contribution in [3.63, 3.8) is 0 Å². The highest BCUT2D eigenvalue weighted by atomic mass is 35.5. The van der Waals surface area contributed by atoms with E-state index in [2.05, 4.69) is 27.3 Å². The Balaban J connectivity index is 1.44. The maximum absolute atomic E-state index is 11.4. The largest absolute Gasteiger partial charge is 0.492 e. The lowest BCUT2D eigenvalue weighted by atomic mass is 10.1. The minimum absolute atomic E-state index is 0.237. The van der Waals surface area contributed by atoms with Gasteiger partial charge in [-0.15, -0.1) is 11.3 Å². The van der Waals surface area contributed by atoms with Crippen LogP contribution in [0.5, 0.6) is 5.75 Å². The number of ether oxygens (including phenoxy) is 1. The van der Waals surface area contributed by atoms with E-state index in [1.807, 2.05) is 24.3 Å². The fourth-order valence-electron chi connectivity index (χ4n) is 2.95. The van der Waals surface area contributed by atoms with Crippen LogP contribution < -0.4 is 14.8 Å². The lowest BCUT2D eigenvalue weighted by molar-refractivity contribution is 0.172. The molecule has 1 atom stereocenters. The Morgan fingerprint density at radius 3 is 2.62 bits per heavy atom. The maximum atomic E-state index is 11.4. The molecule has 0 spiro atoms. The molecule has 0 fully saturated rings. The molecule has 0 amide bonds. The fourth-order valence-corrected chi connectivity index (χ4v) is 4.50. The number of aliphatic hydroxyl groups excluding tert-OH is 1. The monoisotopic (exact) mass is 495 g/mol. The number of aromatic nitrogens is 1. The summed E-state index contributed by atoms with van der Waals surface area (Å²) in [5.74, 6) is 0.760. The molecule has 3 rings (SSSR count). The first-order valence-electron chi connectivity index (χ1n) is 10.1. The normalized spacial score (nSPS) is 12.5. The minimum atomic E-state index is -3.46. The molecule has 7 nitrogen and oxygen atoms in total. The van der Waals surface area contributed by atoms with Crippen LogP contribution in [0.4, 0.5) is 5.69 Å². The van der Waals surface area contributed by atoms with Crippen molar-refractivity contribution in [2.75, 3.05) is 30.7 Å². The van der Waals surface area contributed by atoms with Gasteiger partial charge in [-0.05, 0) is 48.4 Å². The number of halogens is 1. The van der Waals surface area contributed by atoms with Crippen LogP contribution in [0, 0.1) is 0 Å². The molecule has 0 aliphatic rings. The minimum Gasteiger partial charge on any atom is -0.492 e. The Morgan fingerprint density at radius 1 is 1.22 bits per heavy atom. The molecule has 2 aromatic carbocycles. The van der Waals surface area contributed by atoms with Crippen molar-refractivity contribution >= 4 is 38.6 Å². The summed E-state index contributed by atoms with van der Waals surface area (Å²) in [5, 5.41) is 17.0. The average Bonchev–Trinajstić information content (AvgIpc) is 3.24. The number of nitrogens with one attached hydrogen (secondary N) is 2. The van der Waals surface area contributed by atoms with Crippen molar-refractivity contribution in [1.82, 2.24) is 10.3 Å². The zero-order valence-corrected chi connectivity index (χ0v) is 20.2. The number of benzene rings is 2. The summed E-state index contributed by atoms with van der Waals surface area (Å²) in [6.45, 7) is 3.35. The molecular weight excluding hydrogens is 470 g/mol. The van der Waals surface area contributed by atoms with Gasteiger partial charge in [-0.2, -0.15) is 0 Å². The first-order valence-corrected chi connectivity index (χ1v) is 13.2. The van der Waals surface area contributed by atoms with Gasteiger partial charge in [-0.25, -0.2) is 13.4 Å². The highest BCUT2D eigenvalue weighted by molar-refractivity contribution is 7.92. The molecule has 1 heterocycles. The number of hydrogen-bond acceptors (Lipinski definition) is 7. The quantitative estimate of drug-likeness (QED) is 0.346. The highest BCUT2D eigenvalue weighted by Gasteiger charge is 2.12. The summed E-state index contributed by atoms with van der Waals surface area (Å²) in [6, 6.07) is 12.5. The van der Waals surface area contributed by atoms with E-state index >= 15 is 0 Å². The number of aryl methyl sites for hydroxylation is 1. The number of anilines is 1. The van der Waals surface area contributed by atoms with E-state index in [1.54, 1.807) is 23.5 Å². The fraction of sp³-hybridized carbons (Fsp3) is 0.318. The smallest absolute Gasteiger partial charge is 0.229 e. The summed E-state index contributed by atoms with van der Waals surface area (Å²) >= 11 is 7.68. The molecule has 0 saturated heterocycles. The van der Waals surface area contributed by atoms with Crippen LogP contribution in [0.2, 0.25) is 5.02 Å². The Hall–Kier alpha value is -2.17. The first kappa shape index (κ1) is 24.5. The molecule has 1 aromatic heterocycles. The van der Waals surface area contributed by atoms with Crippen molar-refractivity contribution in [3.05, 3.63) is 63.4 Å². The van der Waals surface area contributed by atoms with Gasteiger partial charge in [-0.1, -0.05) is 24.6 Å². The zero-order chi connectivity index (χ0) is 23.1. The van der Waals surface area contributed by atoms with E-state index in [0.29, 0.717) is 18.7 Å². The predicted molar refractivity (Wildman–Crippen MR) is 130 cm³/mol. The van der Waals surface area contributed by atoms with Gasteiger partial charge in [0.15, 0.2) is 0 Å². The SMILES string of the molecule is CCc1nc(-c2ccc(OCCNC[C@H](O)c3ccc(Cl)c(NS(C)(=O)=O)c3)cc2)cs1. The Kier molecular flexibility index (Phi) is 8.50. The second kappa shape index (κ2) is 11.1. The maximum Gasteiger partial charge on any atom is 0.229 e. The van der Waals surface area contributed by atoms with Crippen LogP contribution in [-0.4, -0.2) is 44.5 Å². The predicted octanol–water partition coefficient (Wildman–Crippen LogP) is 4.10. The van der Waals surface area contributed by atoms with Crippen molar-refractivity contribution in [2.24, 2.45) is 0 Å². The molecule has 0 bridgehead atoms. The molecule has 172 valence electrons. The van der Waals surface area contributed by atoms with Gasteiger partial charge in [0, 0.05) is 24.0 Å². The second-order valence-electron chi connectivity index (χ2n) is 7.19. The third-order valence-electron chi connectivity index (χ3n) is 4.56. The van der Waals surface area contributed by atoms with Crippen molar-refractivity contribution < 1.29 is 18.3 Å². The first-order chi connectivity index (χ1) is 15.2. The lowest BCUT2D eigenvalue weighted by Gasteiger charge is -2.15. The van der Waals surface area contributed by atoms with E-state index in [4.69, 9.17) is 16.3 Å². The van der Waals surface area contributed by atoms with Crippen LogP contribution in [-0.2, 0) is 16.4 Å². The summed E-state index contributed by atoms with van der Waals surface area (Å²) in [7, 11) is -3.46. The Bertz CT molecular complexity index is 1130. The molecule has 0 unspecified atom stereocenters. The number of rotatable bonds is 11. The molecule has 0 aliphatic heterocycles. The summed E-state index contributed by atoms with van der Waals surface area (Å²) < 4.78 is 31.0. The van der Waals surface area contributed by atoms with Gasteiger partial charge in [0.05, 0.1) is 33.8 Å². The van der Waals surface area contributed by atoms with Gasteiger partial charge in [0.2, 0.25) is 10.0 Å². The topological polar surface area (TPSA) is 101 Å². The zero-order valence-electron chi connectivity index (χ0n) is 17.8. The van der Waals surface area contributed by atoms with Gasteiger partial charge in [0.25, 0.3) is 0 Å². The number of thiazole rings is 1. The van der Waals surface area contributed by atoms with Gasteiger partial charge in [0.1, 0.15) is 12.4 Å². The molecular formula is C22H26ClN3O4S2. The number of sulfonamides is 1. The second-order valence-corrected chi connectivity index (χ2v) is 10.3. The van der Waals surface area contributed by atoms with Gasteiger partial charge >= 0.3 is 0 Å². The third-order valence-corrected chi connectivity index (χ3v) is 6.47. The Labute approximate surface area is 197 Å². The molecule has 32 heavy (non-hydrogen) atoms. The van der Waals surface area contributed by atoms with Crippen LogP contribution >= 0.6 is 22.9 Å². The summed E-state index contributed by atoms with van der Waals surface area (Å²) in [5.41, 5.74) is 2.83. The molecule has 0 radical (unpaired) electrons. The van der Waals surface area contributed by atoms with E-state index in [-0.39, 0.29) is 17.3 Å². The standard InChI is InChI=1S/C22H26ClN3O4S2/c1-3-22-25-20(14-31-22)15-4-7-17(8-5-15)30-11-10-24-13-21(27)16-6-9-18(23)19(12-16)26-32(2,28)29/h4-9,12,14,21,24,26-27H,3,10-11,13H2,1-2H3/t21-/m0/s1. The van der Waals surface area contributed by atoms with Crippen molar-refractivity contribution in [3.8, 4) is 17.0 Å². The van der Waals surface area contributed by atoms with E-state index in [1.165, 1.54) is 6.07 Å². The molecule has 10 heteroatoms. The molecule has 0 saturated carbocycles. The number of aliphatic hydroxyl groups is 1. The third kappa shape index (κ3) is 7.18. The molecule has 3 N–H and O–H groups in total. The summed E-state index contributed by atoms with van der Waals surface area (Å²) in [4.78, 5) is 4.59. The lowest BCUT2D eigenvalue weighted by Crippen LogP contribution is -2.26. The van der Waals surface area contributed by atoms with Crippen LogP contribution in [0.1, 0.15) is 23.6 Å². The van der Waals surface area contributed by atoms with Crippen LogP contribution in [0.25, 0.3) is 11.3 Å². The summed E-state index contributed by atoms with van der Waals surface area (Å²) in [6.07, 6.45) is 1.16. The highest BCUT2D eigenvalue weighted by Crippen LogP contribution is 2.27. The average molecular weight is 496 g/mol. The molecule has 3 aromatic rings. The number of hydrogen-bond donors (Lipinski definition) is 3. The van der Waals surface area contributed by atoms with Crippen molar-refractivity contribution in [1.29, 1.82) is 0 Å².